The predicted molar refractivity (Wildman–Crippen MR) is 81.3 cm³/mol. The number of pyridine rings is 1. The first kappa shape index (κ1) is 12.5. The van der Waals surface area contributed by atoms with Crippen molar-refractivity contribution in [1.29, 1.82) is 0 Å². The molecule has 3 heterocycles. The van der Waals surface area contributed by atoms with Crippen molar-refractivity contribution in [3.8, 4) is 22.5 Å². The Hall–Kier alpha value is -3.22. The normalized spacial score (nSPS) is 11.1. The van der Waals surface area contributed by atoms with Crippen molar-refractivity contribution in [2.24, 2.45) is 0 Å². The Morgan fingerprint density at radius 1 is 1.09 bits per heavy atom. The number of nitrogens with zero attached hydrogens (tertiary/aromatic N) is 3. The maximum Gasteiger partial charge on any atom is 0.154 e. The second kappa shape index (κ2) is 4.66. The van der Waals surface area contributed by atoms with Gasteiger partial charge in [0.25, 0.3) is 0 Å². The number of nitrogens with one attached hydrogen (secondary N) is 2. The van der Waals surface area contributed by atoms with Gasteiger partial charge >= 0.3 is 0 Å². The predicted octanol–water partition coefficient (Wildman–Crippen LogP) is 2.74. The van der Waals surface area contributed by atoms with Gasteiger partial charge in [0.1, 0.15) is 11.5 Å². The van der Waals surface area contributed by atoms with Gasteiger partial charge in [0, 0.05) is 17.1 Å². The second-order valence-electron chi connectivity index (χ2n) is 4.85. The van der Waals surface area contributed by atoms with Crippen molar-refractivity contribution >= 4 is 16.7 Å². The maximum atomic E-state index is 14.0. The van der Waals surface area contributed by atoms with Crippen LogP contribution < -0.4 is 5.73 Å². The molecular weight excluding hydrogens is 283 g/mol. The summed E-state index contributed by atoms with van der Waals surface area (Å²) in [4.78, 5) is 4.33. The molecule has 0 fully saturated rings. The van der Waals surface area contributed by atoms with Crippen LogP contribution in [0.25, 0.3) is 33.4 Å². The van der Waals surface area contributed by atoms with Gasteiger partial charge in [-0.25, -0.2) is 4.39 Å². The molecule has 0 saturated heterocycles. The lowest BCUT2D eigenvalue weighted by Crippen LogP contribution is -1.90. The van der Waals surface area contributed by atoms with Gasteiger partial charge < -0.3 is 5.73 Å². The van der Waals surface area contributed by atoms with Crippen LogP contribution in [-0.2, 0) is 0 Å². The zero-order valence-electron chi connectivity index (χ0n) is 11.3. The highest BCUT2D eigenvalue weighted by molar-refractivity contribution is 5.95. The Labute approximate surface area is 124 Å². The zero-order valence-corrected chi connectivity index (χ0v) is 11.3. The zero-order chi connectivity index (χ0) is 15.1. The molecule has 0 aliphatic carbocycles. The number of rotatable bonds is 2. The standard InChI is InChI=1S/C15H11FN6/c16-11-4-2-1-3-8(11)14-9-5-12(10-6-19-22-15(10)17)18-7-13(9)20-21-14/h1-7H,(H,20,21)(H3,17,19,22). The van der Waals surface area contributed by atoms with Gasteiger partial charge in [0.05, 0.1) is 23.0 Å². The third-order valence-electron chi connectivity index (χ3n) is 3.52. The molecule has 7 heteroatoms. The first-order valence-corrected chi connectivity index (χ1v) is 6.62. The van der Waals surface area contributed by atoms with Crippen LogP contribution >= 0.6 is 0 Å². The van der Waals surface area contributed by atoms with Gasteiger partial charge in [-0.15, -0.1) is 0 Å². The number of aromatic nitrogens is 5. The molecule has 0 aliphatic heterocycles. The van der Waals surface area contributed by atoms with E-state index in [1.165, 1.54) is 6.07 Å². The van der Waals surface area contributed by atoms with Crippen LogP contribution in [0.15, 0.2) is 42.7 Å². The molecule has 4 aromatic rings. The van der Waals surface area contributed by atoms with E-state index < -0.39 is 0 Å². The molecule has 3 aromatic heterocycles. The van der Waals surface area contributed by atoms with Crippen LogP contribution in [0.4, 0.5) is 10.2 Å². The van der Waals surface area contributed by atoms with E-state index in [4.69, 9.17) is 5.73 Å². The number of hydrogen-bond acceptors (Lipinski definition) is 4. The second-order valence-corrected chi connectivity index (χ2v) is 4.85. The number of nitrogen functional groups attached to an aromatic ring is 1. The van der Waals surface area contributed by atoms with E-state index in [2.05, 4.69) is 25.4 Å². The number of benzene rings is 1. The molecule has 6 nitrogen and oxygen atoms in total. The van der Waals surface area contributed by atoms with E-state index in [9.17, 15) is 4.39 Å². The molecular formula is C15H11FN6. The summed E-state index contributed by atoms with van der Waals surface area (Å²) in [5.74, 6) is 0.0415. The maximum absolute atomic E-state index is 14.0. The summed E-state index contributed by atoms with van der Waals surface area (Å²) in [5.41, 5.74) is 8.85. The number of fused-ring (bicyclic) bond motifs is 1. The number of halogens is 1. The number of H-pyrrole nitrogens is 2. The fraction of sp³-hybridized carbons (Fsp3) is 0. The highest BCUT2D eigenvalue weighted by Gasteiger charge is 2.14. The minimum absolute atomic E-state index is 0.322. The molecule has 0 atom stereocenters. The van der Waals surface area contributed by atoms with Crippen molar-refractivity contribution in [2.45, 2.75) is 0 Å². The van der Waals surface area contributed by atoms with E-state index in [1.54, 1.807) is 30.6 Å². The largest absolute Gasteiger partial charge is 0.382 e. The van der Waals surface area contributed by atoms with Gasteiger partial charge in [-0.3, -0.25) is 15.2 Å². The highest BCUT2D eigenvalue weighted by atomic mass is 19.1. The Balaban J connectivity index is 1.95. The van der Waals surface area contributed by atoms with Crippen LogP contribution in [0.3, 0.4) is 0 Å². The molecule has 4 rings (SSSR count). The van der Waals surface area contributed by atoms with Crippen LogP contribution in [-0.4, -0.2) is 25.4 Å². The van der Waals surface area contributed by atoms with Crippen LogP contribution in [0.5, 0.6) is 0 Å². The molecule has 108 valence electrons. The molecule has 0 bridgehead atoms. The highest BCUT2D eigenvalue weighted by Crippen LogP contribution is 2.31. The lowest BCUT2D eigenvalue weighted by Gasteiger charge is -2.01. The summed E-state index contributed by atoms with van der Waals surface area (Å²) in [6.45, 7) is 0. The molecule has 0 unspecified atom stereocenters. The van der Waals surface area contributed by atoms with Crippen LogP contribution in [0, 0.1) is 5.82 Å². The Bertz CT molecular complexity index is 971. The lowest BCUT2D eigenvalue weighted by molar-refractivity contribution is 0.631. The molecule has 0 amide bonds. The molecule has 22 heavy (non-hydrogen) atoms. The first-order chi connectivity index (χ1) is 10.7. The van der Waals surface area contributed by atoms with Gasteiger partial charge in [-0.1, -0.05) is 12.1 Å². The van der Waals surface area contributed by atoms with Crippen molar-refractivity contribution < 1.29 is 4.39 Å². The molecule has 0 spiro atoms. The minimum atomic E-state index is -0.322. The molecule has 0 saturated carbocycles. The van der Waals surface area contributed by atoms with Crippen LogP contribution in [0.2, 0.25) is 0 Å². The van der Waals surface area contributed by atoms with Crippen LogP contribution in [0.1, 0.15) is 0 Å². The number of nitrogens with two attached hydrogens (primary N) is 1. The summed E-state index contributed by atoms with van der Waals surface area (Å²) < 4.78 is 14.0. The van der Waals surface area contributed by atoms with E-state index in [-0.39, 0.29) is 5.82 Å². The lowest BCUT2D eigenvalue weighted by atomic mass is 10.1. The number of hydrogen-bond donors (Lipinski definition) is 3. The first-order valence-electron chi connectivity index (χ1n) is 6.62. The van der Waals surface area contributed by atoms with Crippen molar-refractivity contribution in [3.05, 3.63) is 48.5 Å². The summed E-state index contributed by atoms with van der Waals surface area (Å²) in [6, 6.07) is 8.34. The summed E-state index contributed by atoms with van der Waals surface area (Å²) in [6.07, 6.45) is 3.32. The Kier molecular flexibility index (Phi) is 2.65. The summed E-state index contributed by atoms with van der Waals surface area (Å²) >= 11 is 0. The molecule has 0 radical (unpaired) electrons. The average Bonchev–Trinajstić information content (AvgIpc) is 3.13. The van der Waals surface area contributed by atoms with E-state index in [0.29, 0.717) is 28.3 Å². The van der Waals surface area contributed by atoms with Crippen molar-refractivity contribution in [3.63, 3.8) is 0 Å². The fourth-order valence-electron chi connectivity index (χ4n) is 2.43. The van der Waals surface area contributed by atoms with Gasteiger partial charge in [0.15, 0.2) is 5.82 Å². The Morgan fingerprint density at radius 2 is 1.95 bits per heavy atom. The van der Waals surface area contributed by atoms with Crippen molar-refractivity contribution in [2.75, 3.05) is 5.73 Å². The Morgan fingerprint density at radius 3 is 2.73 bits per heavy atom. The summed E-state index contributed by atoms with van der Waals surface area (Å²) in [5, 5.41) is 14.4. The third-order valence-corrected chi connectivity index (χ3v) is 3.52. The van der Waals surface area contributed by atoms with Gasteiger partial charge in [-0.05, 0) is 18.2 Å². The van der Waals surface area contributed by atoms with E-state index in [1.807, 2.05) is 6.07 Å². The average molecular weight is 294 g/mol. The number of anilines is 1. The molecule has 4 N–H and O–H groups in total. The quantitative estimate of drug-likeness (QED) is 0.529. The fourth-order valence-corrected chi connectivity index (χ4v) is 2.43. The number of aromatic amines is 2. The monoisotopic (exact) mass is 294 g/mol. The third kappa shape index (κ3) is 1.83. The van der Waals surface area contributed by atoms with Gasteiger partial charge in [-0.2, -0.15) is 10.2 Å². The minimum Gasteiger partial charge on any atom is -0.382 e. The smallest absolute Gasteiger partial charge is 0.154 e. The SMILES string of the molecule is Nc1n[nH]cc1-c1cc2c(-c3ccccc3F)n[nH]c2cn1. The van der Waals surface area contributed by atoms with Gasteiger partial charge in [0.2, 0.25) is 0 Å². The van der Waals surface area contributed by atoms with E-state index >= 15 is 0 Å². The van der Waals surface area contributed by atoms with E-state index in [0.717, 1.165) is 10.9 Å². The summed E-state index contributed by atoms with van der Waals surface area (Å²) in [7, 11) is 0. The topological polar surface area (TPSA) is 96.3 Å². The molecule has 1 aromatic carbocycles. The molecule has 0 aliphatic rings. The van der Waals surface area contributed by atoms with Crippen molar-refractivity contribution in [1.82, 2.24) is 25.4 Å².